The van der Waals surface area contributed by atoms with Gasteiger partial charge in [-0.15, -0.1) is 46.4 Å². The molecule has 8 heteroatoms. The first-order chi connectivity index (χ1) is 9.67. The molecule has 0 amide bonds. The summed E-state index contributed by atoms with van der Waals surface area (Å²) < 4.78 is 22.3. The summed E-state index contributed by atoms with van der Waals surface area (Å²) in [6.07, 6.45) is 5.70. The largest absolute Gasteiger partial charge is 0.804 e. The van der Waals surface area contributed by atoms with Crippen LogP contribution in [-0.4, -0.2) is 23.5 Å². The Morgan fingerprint density at radius 2 is 1.20 bits per heavy atom. The highest BCUT2D eigenvalue weighted by molar-refractivity contribution is 7.33. The number of halogens is 4. The van der Waals surface area contributed by atoms with Crippen LogP contribution in [0.25, 0.3) is 0 Å². The minimum absolute atomic E-state index is 0.369. The van der Waals surface area contributed by atoms with Crippen LogP contribution in [0.15, 0.2) is 23.7 Å². The molecular weight excluding hydrogens is 365 g/mol. The van der Waals surface area contributed by atoms with Crippen LogP contribution in [0.2, 0.25) is 0 Å². The van der Waals surface area contributed by atoms with Crippen LogP contribution in [0, 0.1) is 0 Å². The smallest absolute Gasteiger partial charge is 0.227 e. The van der Waals surface area contributed by atoms with E-state index >= 15 is 0 Å². The van der Waals surface area contributed by atoms with E-state index in [1.807, 2.05) is 0 Å². The summed E-state index contributed by atoms with van der Waals surface area (Å²) in [5.41, 5.74) is 0. The zero-order valence-electron chi connectivity index (χ0n) is 11.0. The molecule has 0 unspecified atom stereocenters. The molecular formula is C12H18Cl4O3P+. The van der Waals surface area contributed by atoms with E-state index in [9.17, 15) is 4.57 Å². The predicted octanol–water partition coefficient (Wildman–Crippen LogP) is 5.96. The van der Waals surface area contributed by atoms with Gasteiger partial charge < -0.3 is 0 Å². The van der Waals surface area contributed by atoms with Crippen LogP contribution in [-0.2, 0) is 13.6 Å². The molecule has 0 saturated carbocycles. The van der Waals surface area contributed by atoms with Crippen LogP contribution in [0.1, 0.15) is 25.7 Å². The van der Waals surface area contributed by atoms with E-state index in [2.05, 4.69) is 0 Å². The van der Waals surface area contributed by atoms with Crippen LogP contribution < -0.4 is 0 Å². The van der Waals surface area contributed by atoms with Crippen molar-refractivity contribution in [1.82, 2.24) is 0 Å². The second kappa shape index (κ2) is 14.3. The first kappa shape index (κ1) is 20.3. The van der Waals surface area contributed by atoms with Crippen LogP contribution in [0.5, 0.6) is 0 Å². The lowest BCUT2D eigenvalue weighted by molar-refractivity contribution is 0.303. The number of rotatable bonds is 12. The van der Waals surface area contributed by atoms with Gasteiger partial charge in [0.2, 0.25) is 0 Å². The van der Waals surface area contributed by atoms with E-state index < -0.39 is 8.25 Å². The minimum Gasteiger partial charge on any atom is -0.227 e. The fourth-order valence-electron chi connectivity index (χ4n) is 1.20. The van der Waals surface area contributed by atoms with Crippen molar-refractivity contribution < 1.29 is 13.6 Å². The maximum Gasteiger partial charge on any atom is 0.804 e. The molecule has 116 valence electrons. The average Bonchev–Trinajstić information content (AvgIpc) is 2.42. The number of alkyl halides is 4. The van der Waals surface area contributed by atoms with Gasteiger partial charge in [0.15, 0.2) is 11.5 Å². The van der Waals surface area contributed by atoms with Crippen molar-refractivity contribution in [2.45, 2.75) is 25.7 Å². The summed E-state index contributed by atoms with van der Waals surface area (Å²) in [5, 5.41) is 0. The van der Waals surface area contributed by atoms with Gasteiger partial charge in [-0.3, -0.25) is 0 Å². The van der Waals surface area contributed by atoms with Crippen molar-refractivity contribution in [1.29, 1.82) is 0 Å². The maximum absolute atomic E-state index is 11.8. The Kier molecular flexibility index (Phi) is 14.5. The topological polar surface area (TPSA) is 35.5 Å². The molecule has 0 aliphatic carbocycles. The second-order valence-corrected chi connectivity index (χ2v) is 5.90. The van der Waals surface area contributed by atoms with E-state index in [-0.39, 0.29) is 0 Å². The van der Waals surface area contributed by atoms with Gasteiger partial charge in [-0.2, -0.15) is 0 Å². The summed E-state index contributed by atoms with van der Waals surface area (Å²) >= 11 is 22.5. The first-order valence-corrected chi connectivity index (χ1v) is 9.36. The highest BCUT2D eigenvalue weighted by Gasteiger charge is 2.26. The Hall–Kier alpha value is 0.340. The molecule has 0 aliphatic rings. The van der Waals surface area contributed by atoms with Crippen molar-refractivity contribution in [3.63, 3.8) is 0 Å². The lowest BCUT2D eigenvalue weighted by atomic mass is 10.3. The Labute approximate surface area is 141 Å². The van der Waals surface area contributed by atoms with E-state index in [0.29, 0.717) is 60.7 Å². The molecule has 0 radical (unpaired) electrons. The highest BCUT2D eigenvalue weighted by atomic mass is 35.5. The molecule has 0 saturated heterocycles. The van der Waals surface area contributed by atoms with Gasteiger partial charge in [0.05, 0.1) is 0 Å². The Morgan fingerprint density at radius 3 is 1.50 bits per heavy atom. The van der Waals surface area contributed by atoms with Gasteiger partial charge in [-0.1, -0.05) is 0 Å². The molecule has 0 atom stereocenters. The van der Waals surface area contributed by atoms with Gasteiger partial charge in [0.1, 0.15) is 0 Å². The average molecular weight is 383 g/mol. The zero-order valence-corrected chi connectivity index (χ0v) is 14.9. The lowest BCUT2D eigenvalue weighted by Crippen LogP contribution is -1.92. The Balaban J connectivity index is 4.47. The van der Waals surface area contributed by atoms with Crippen LogP contribution in [0.3, 0.4) is 0 Å². The van der Waals surface area contributed by atoms with Crippen molar-refractivity contribution in [2.75, 3.05) is 23.5 Å². The SMILES string of the molecule is O=[P+](OC(=CCCCl)CCCl)OC(=CCCCl)CCCl. The molecule has 0 heterocycles. The van der Waals surface area contributed by atoms with E-state index in [1.54, 1.807) is 12.2 Å². The molecule has 0 N–H and O–H groups in total. The summed E-state index contributed by atoms with van der Waals surface area (Å²) in [7, 11) is -2.31. The normalized spacial score (nSPS) is 13.3. The summed E-state index contributed by atoms with van der Waals surface area (Å²) in [4.78, 5) is 0. The molecule has 3 nitrogen and oxygen atoms in total. The van der Waals surface area contributed by atoms with Gasteiger partial charge >= 0.3 is 8.25 Å². The van der Waals surface area contributed by atoms with Crippen molar-refractivity contribution in [3.8, 4) is 0 Å². The van der Waals surface area contributed by atoms with Gasteiger partial charge in [-0.25, -0.2) is 9.05 Å². The van der Waals surface area contributed by atoms with E-state index in [0.717, 1.165) is 0 Å². The summed E-state index contributed by atoms with van der Waals surface area (Å²) in [6, 6.07) is 0. The zero-order chi connectivity index (χ0) is 15.2. The standard InChI is InChI=1S/C12H18Cl4O3P/c13-7-1-3-11(5-9-15)18-20(17)19-12(6-10-16)4-2-8-14/h3-4H,1-2,5-10H2/q+1. The third kappa shape index (κ3) is 11.0. The molecule has 0 spiro atoms. The third-order valence-electron chi connectivity index (χ3n) is 2.03. The number of allylic oxidation sites excluding steroid dienone is 4. The monoisotopic (exact) mass is 381 g/mol. The van der Waals surface area contributed by atoms with E-state index in [4.69, 9.17) is 55.5 Å². The minimum atomic E-state index is -2.31. The van der Waals surface area contributed by atoms with Crippen molar-refractivity contribution in [2.24, 2.45) is 0 Å². The molecule has 0 aromatic carbocycles. The van der Waals surface area contributed by atoms with Gasteiger partial charge in [-0.05, 0) is 25.0 Å². The fourth-order valence-corrected chi connectivity index (χ4v) is 2.54. The number of hydrogen-bond acceptors (Lipinski definition) is 3. The van der Waals surface area contributed by atoms with Gasteiger partial charge in [0.25, 0.3) is 0 Å². The third-order valence-corrected chi connectivity index (χ3v) is 3.61. The van der Waals surface area contributed by atoms with Gasteiger partial charge in [0, 0.05) is 40.9 Å². The fraction of sp³-hybridized carbons (Fsp3) is 0.667. The quantitative estimate of drug-likeness (QED) is 0.237. The molecule has 0 bridgehead atoms. The predicted molar refractivity (Wildman–Crippen MR) is 87.3 cm³/mol. The lowest BCUT2D eigenvalue weighted by Gasteiger charge is -2.00. The maximum atomic E-state index is 11.8. The Bertz CT molecular complexity index is 305. The molecule has 0 aromatic heterocycles. The molecule has 0 fully saturated rings. The molecule has 0 aliphatic heterocycles. The first-order valence-electron chi connectivity index (χ1n) is 6.13. The summed E-state index contributed by atoms with van der Waals surface area (Å²) in [5.74, 6) is 2.69. The highest BCUT2D eigenvalue weighted by Crippen LogP contribution is 2.33. The Morgan fingerprint density at radius 1 is 0.800 bits per heavy atom. The number of hydrogen-bond donors (Lipinski definition) is 0. The summed E-state index contributed by atoms with van der Waals surface area (Å²) in [6.45, 7) is 0. The van der Waals surface area contributed by atoms with Crippen LogP contribution in [0.4, 0.5) is 0 Å². The molecule has 0 rings (SSSR count). The second-order valence-electron chi connectivity index (χ2n) is 3.58. The van der Waals surface area contributed by atoms with Crippen molar-refractivity contribution >= 4 is 54.7 Å². The van der Waals surface area contributed by atoms with E-state index in [1.165, 1.54) is 0 Å². The van der Waals surface area contributed by atoms with Crippen molar-refractivity contribution in [3.05, 3.63) is 23.7 Å². The molecule has 0 aromatic rings. The van der Waals surface area contributed by atoms with Crippen LogP contribution >= 0.6 is 54.7 Å². The molecule has 20 heavy (non-hydrogen) atoms.